The first-order chi connectivity index (χ1) is 13.9. The minimum absolute atomic E-state index is 0.149. The number of hydrogen-bond acceptors (Lipinski definition) is 3. The van der Waals surface area contributed by atoms with Crippen LogP contribution in [0.5, 0.6) is 0 Å². The van der Waals surface area contributed by atoms with E-state index in [0.717, 1.165) is 30.7 Å². The molecule has 0 bridgehead atoms. The number of anilines is 1. The molecular formula is C21H23Cl2N4OS+. The summed E-state index contributed by atoms with van der Waals surface area (Å²) in [6.45, 7) is 5.71. The van der Waals surface area contributed by atoms with Gasteiger partial charge in [-0.05, 0) is 72.2 Å². The van der Waals surface area contributed by atoms with E-state index in [1.165, 1.54) is 23.4 Å². The molecule has 0 spiro atoms. The van der Waals surface area contributed by atoms with E-state index < -0.39 is 0 Å². The monoisotopic (exact) mass is 449 g/mol. The molecule has 1 aliphatic rings. The summed E-state index contributed by atoms with van der Waals surface area (Å²) in [5, 5.41) is 4.02. The number of thioether (sulfide) groups is 1. The Balaban J connectivity index is 1.80. The van der Waals surface area contributed by atoms with Crippen molar-refractivity contribution in [1.29, 1.82) is 0 Å². The number of amidine groups is 1. The molecule has 2 atom stereocenters. The first-order valence-electron chi connectivity index (χ1n) is 9.36. The van der Waals surface area contributed by atoms with Crippen LogP contribution in [0.15, 0.2) is 30.5 Å². The lowest BCUT2D eigenvalue weighted by Gasteiger charge is -2.22. The summed E-state index contributed by atoms with van der Waals surface area (Å²) in [6, 6.07) is 7.59. The highest BCUT2D eigenvalue weighted by atomic mass is 35.5. The highest BCUT2D eigenvalue weighted by Crippen LogP contribution is 2.37. The van der Waals surface area contributed by atoms with Gasteiger partial charge in [0.15, 0.2) is 6.72 Å². The van der Waals surface area contributed by atoms with E-state index in [9.17, 15) is 4.79 Å². The molecule has 0 saturated heterocycles. The number of nitrogens with two attached hydrogens (primary N) is 1. The van der Waals surface area contributed by atoms with Crippen LogP contribution in [-0.4, -0.2) is 28.5 Å². The van der Waals surface area contributed by atoms with Crippen molar-refractivity contribution in [1.82, 2.24) is 9.65 Å². The zero-order valence-corrected chi connectivity index (χ0v) is 18.4. The van der Waals surface area contributed by atoms with E-state index in [0.29, 0.717) is 22.0 Å². The summed E-state index contributed by atoms with van der Waals surface area (Å²) >= 11 is 13.5. The van der Waals surface area contributed by atoms with E-state index >= 15 is 0 Å². The second-order valence-corrected chi connectivity index (χ2v) is 8.98. The van der Waals surface area contributed by atoms with E-state index in [1.807, 2.05) is 6.07 Å². The van der Waals surface area contributed by atoms with E-state index in [4.69, 9.17) is 28.9 Å². The SMILES string of the molecule is C=[N+]=C(N)SCC1CCCc2ccc(NC(=O)c3ncc(Cl)cc3Cl)cc2C1C. The number of amides is 1. The number of aryl methyl sites for hydroxylation is 1. The molecule has 8 heteroatoms. The van der Waals surface area contributed by atoms with Crippen molar-refractivity contribution in [2.24, 2.45) is 11.7 Å². The Labute approximate surface area is 184 Å². The molecular weight excluding hydrogens is 427 g/mol. The summed E-state index contributed by atoms with van der Waals surface area (Å²) in [5.41, 5.74) is 9.25. The van der Waals surface area contributed by atoms with Crippen LogP contribution in [0.3, 0.4) is 0 Å². The Hall–Kier alpha value is -1.98. The van der Waals surface area contributed by atoms with Crippen LogP contribution in [0, 0.1) is 5.92 Å². The lowest BCUT2D eigenvalue weighted by atomic mass is 9.86. The van der Waals surface area contributed by atoms with Gasteiger partial charge in [-0.3, -0.25) is 10.5 Å². The second-order valence-electron chi connectivity index (χ2n) is 7.10. The van der Waals surface area contributed by atoms with Crippen molar-refractivity contribution in [3.63, 3.8) is 0 Å². The molecule has 152 valence electrons. The van der Waals surface area contributed by atoms with E-state index in [-0.39, 0.29) is 16.6 Å². The number of benzene rings is 1. The molecule has 5 nitrogen and oxygen atoms in total. The summed E-state index contributed by atoms with van der Waals surface area (Å²) in [5.74, 6) is 1.35. The number of nitrogens with zero attached hydrogens (tertiary/aromatic N) is 2. The van der Waals surface area contributed by atoms with Crippen molar-refractivity contribution in [2.45, 2.75) is 32.1 Å². The smallest absolute Gasteiger partial charge is 0.321 e. The summed E-state index contributed by atoms with van der Waals surface area (Å²) in [6.07, 6.45) is 4.68. The average molecular weight is 450 g/mol. The lowest BCUT2D eigenvalue weighted by Crippen LogP contribution is -2.18. The molecule has 3 rings (SSSR count). The molecule has 0 saturated carbocycles. The Kier molecular flexibility index (Phi) is 7.25. The number of hydrogen-bond donors (Lipinski definition) is 2. The summed E-state index contributed by atoms with van der Waals surface area (Å²) in [4.78, 5) is 16.6. The fraction of sp³-hybridized carbons (Fsp3) is 0.333. The molecule has 0 radical (unpaired) electrons. The first-order valence-corrected chi connectivity index (χ1v) is 11.1. The maximum atomic E-state index is 12.6. The van der Waals surface area contributed by atoms with Gasteiger partial charge in [-0.2, -0.15) is 0 Å². The molecule has 0 fully saturated rings. The van der Waals surface area contributed by atoms with Crippen LogP contribution in [-0.2, 0) is 6.42 Å². The molecule has 0 aliphatic heterocycles. The summed E-state index contributed by atoms with van der Waals surface area (Å²) in [7, 11) is 0. The van der Waals surface area contributed by atoms with Crippen LogP contribution < -0.4 is 15.7 Å². The summed E-state index contributed by atoms with van der Waals surface area (Å²) < 4.78 is 3.79. The number of fused-ring (bicyclic) bond motifs is 1. The lowest BCUT2D eigenvalue weighted by molar-refractivity contribution is 0.102. The van der Waals surface area contributed by atoms with Gasteiger partial charge in [0.1, 0.15) is 5.69 Å². The van der Waals surface area contributed by atoms with Gasteiger partial charge in [-0.1, -0.05) is 36.2 Å². The number of nitrogens with one attached hydrogen (secondary N) is 1. The highest BCUT2D eigenvalue weighted by molar-refractivity contribution is 8.13. The van der Waals surface area contributed by atoms with E-state index in [2.05, 4.69) is 40.7 Å². The third-order valence-corrected chi connectivity index (χ3v) is 6.76. The zero-order valence-electron chi connectivity index (χ0n) is 16.1. The largest absolute Gasteiger partial charge is 0.401 e. The Morgan fingerprint density at radius 3 is 2.93 bits per heavy atom. The molecule has 1 heterocycles. The average Bonchev–Trinajstić information content (AvgIpc) is 2.85. The van der Waals surface area contributed by atoms with Crippen molar-refractivity contribution < 1.29 is 4.79 Å². The number of carbonyl (C=O) groups excluding carboxylic acids is 1. The van der Waals surface area contributed by atoms with Crippen LogP contribution in [0.1, 0.15) is 47.3 Å². The number of halogens is 2. The maximum Gasteiger partial charge on any atom is 0.401 e. The van der Waals surface area contributed by atoms with Crippen molar-refractivity contribution in [3.05, 3.63) is 57.3 Å². The first kappa shape index (κ1) is 21.7. The minimum Gasteiger partial charge on any atom is -0.321 e. The molecule has 2 aromatic rings. The number of aromatic nitrogens is 1. The fourth-order valence-electron chi connectivity index (χ4n) is 3.62. The van der Waals surface area contributed by atoms with E-state index in [1.54, 1.807) is 11.8 Å². The van der Waals surface area contributed by atoms with Gasteiger partial charge in [0.2, 0.25) is 0 Å². The van der Waals surface area contributed by atoms with Gasteiger partial charge in [-0.25, -0.2) is 9.65 Å². The molecule has 1 aliphatic carbocycles. The van der Waals surface area contributed by atoms with Gasteiger partial charge in [0.25, 0.3) is 5.91 Å². The van der Waals surface area contributed by atoms with Gasteiger partial charge >= 0.3 is 5.17 Å². The van der Waals surface area contributed by atoms with Gasteiger partial charge < -0.3 is 5.32 Å². The van der Waals surface area contributed by atoms with Crippen LogP contribution >= 0.6 is 35.0 Å². The predicted molar refractivity (Wildman–Crippen MR) is 124 cm³/mol. The number of carbonyl (C=O) groups is 1. The molecule has 2 unspecified atom stereocenters. The van der Waals surface area contributed by atoms with Crippen molar-refractivity contribution in [3.8, 4) is 0 Å². The molecule has 29 heavy (non-hydrogen) atoms. The third kappa shape index (κ3) is 5.34. The van der Waals surface area contributed by atoms with Crippen LogP contribution in [0.2, 0.25) is 10.0 Å². The van der Waals surface area contributed by atoms with Crippen LogP contribution in [0.25, 0.3) is 0 Å². The predicted octanol–water partition coefficient (Wildman–Crippen LogP) is 4.51. The molecule has 1 aromatic heterocycles. The molecule has 1 amide bonds. The highest BCUT2D eigenvalue weighted by Gasteiger charge is 2.26. The fourth-order valence-corrected chi connectivity index (χ4v) is 5.02. The van der Waals surface area contributed by atoms with Crippen LogP contribution in [0.4, 0.5) is 5.69 Å². The Morgan fingerprint density at radius 1 is 1.41 bits per heavy atom. The topological polar surface area (TPSA) is 82.1 Å². The number of pyridine rings is 1. The quantitative estimate of drug-likeness (QED) is 0.311. The van der Waals surface area contributed by atoms with Gasteiger partial charge in [0.05, 0.1) is 10.0 Å². The maximum absolute atomic E-state index is 12.6. The number of rotatable bonds is 4. The Bertz CT molecular complexity index is 975. The molecule has 3 N–H and O–H groups in total. The third-order valence-electron chi connectivity index (χ3n) is 5.25. The van der Waals surface area contributed by atoms with Gasteiger partial charge in [0, 0.05) is 17.6 Å². The van der Waals surface area contributed by atoms with Crippen molar-refractivity contribution >= 4 is 58.4 Å². The van der Waals surface area contributed by atoms with Gasteiger partial charge in [-0.15, -0.1) is 0 Å². The zero-order chi connectivity index (χ0) is 21.0. The second kappa shape index (κ2) is 9.68. The molecule has 1 aromatic carbocycles. The Morgan fingerprint density at radius 2 is 2.21 bits per heavy atom. The normalized spacial score (nSPS) is 18.3. The standard InChI is InChI=1S/C21H22Cl2N4OS/c1-12-14(11-29-21(24)25-2)5-3-4-13-6-7-16(9-17(12)13)27-20(28)19-18(23)8-15(22)10-26-19/h6-10,12,14,24H,2-5,11H2,1H3,(H,27,28)/p+1. The van der Waals surface area contributed by atoms with Crippen molar-refractivity contribution in [2.75, 3.05) is 11.1 Å². The minimum atomic E-state index is -0.362.